The molecule has 0 saturated carbocycles. The van der Waals surface area contributed by atoms with Gasteiger partial charge >= 0.3 is 0 Å². The summed E-state index contributed by atoms with van der Waals surface area (Å²) >= 11 is 5.83. The molecule has 1 aromatic rings. The van der Waals surface area contributed by atoms with E-state index in [1.807, 2.05) is 13.8 Å². The molecule has 0 aliphatic heterocycles. The fourth-order valence-electron chi connectivity index (χ4n) is 1.60. The summed E-state index contributed by atoms with van der Waals surface area (Å²) in [5, 5.41) is 3.56. The van der Waals surface area contributed by atoms with E-state index < -0.39 is 10.0 Å². The molecule has 1 aromatic carbocycles. The maximum atomic E-state index is 12.1. The van der Waals surface area contributed by atoms with Crippen LogP contribution in [0.3, 0.4) is 0 Å². The van der Waals surface area contributed by atoms with Crippen LogP contribution in [-0.4, -0.2) is 27.5 Å². The SMILES string of the molecule is CCN[C@H](C)CNS(=O)(=O)c1cc(Cl)ccc1C. The van der Waals surface area contributed by atoms with Crippen molar-refractivity contribution < 1.29 is 8.42 Å². The predicted molar refractivity (Wildman–Crippen MR) is 74.5 cm³/mol. The van der Waals surface area contributed by atoms with Gasteiger partial charge in [0.15, 0.2) is 0 Å². The van der Waals surface area contributed by atoms with E-state index in [1.54, 1.807) is 19.1 Å². The second kappa shape index (κ2) is 6.52. The Morgan fingerprint density at radius 1 is 1.39 bits per heavy atom. The van der Waals surface area contributed by atoms with Gasteiger partial charge in [-0.2, -0.15) is 0 Å². The second-order valence-electron chi connectivity index (χ2n) is 4.22. The maximum Gasteiger partial charge on any atom is 0.240 e. The predicted octanol–water partition coefficient (Wildman–Crippen LogP) is 1.92. The van der Waals surface area contributed by atoms with Gasteiger partial charge in [0.2, 0.25) is 10.0 Å². The van der Waals surface area contributed by atoms with E-state index in [1.165, 1.54) is 6.07 Å². The molecule has 4 nitrogen and oxygen atoms in total. The minimum Gasteiger partial charge on any atom is -0.313 e. The Morgan fingerprint density at radius 2 is 2.06 bits per heavy atom. The minimum absolute atomic E-state index is 0.0873. The van der Waals surface area contributed by atoms with Gasteiger partial charge in [0.05, 0.1) is 4.90 Å². The molecule has 6 heteroatoms. The Hall–Kier alpha value is -0.620. The van der Waals surface area contributed by atoms with Crippen LogP contribution < -0.4 is 10.0 Å². The minimum atomic E-state index is -3.50. The third kappa shape index (κ3) is 4.24. The summed E-state index contributed by atoms with van der Waals surface area (Å²) in [6, 6.07) is 4.93. The average Bonchev–Trinajstić information content (AvgIpc) is 2.30. The highest BCUT2D eigenvalue weighted by molar-refractivity contribution is 7.89. The first-order valence-corrected chi connectivity index (χ1v) is 7.72. The number of rotatable bonds is 6. The van der Waals surface area contributed by atoms with Crippen molar-refractivity contribution >= 4 is 21.6 Å². The fraction of sp³-hybridized carbons (Fsp3) is 0.500. The van der Waals surface area contributed by atoms with Crippen molar-refractivity contribution in [2.45, 2.75) is 31.7 Å². The van der Waals surface area contributed by atoms with Crippen molar-refractivity contribution in [2.75, 3.05) is 13.1 Å². The molecule has 2 N–H and O–H groups in total. The van der Waals surface area contributed by atoms with Gasteiger partial charge in [-0.3, -0.25) is 0 Å². The van der Waals surface area contributed by atoms with Crippen LogP contribution in [0.2, 0.25) is 5.02 Å². The largest absolute Gasteiger partial charge is 0.313 e. The molecule has 0 saturated heterocycles. The van der Waals surface area contributed by atoms with E-state index in [0.29, 0.717) is 17.1 Å². The number of nitrogens with one attached hydrogen (secondary N) is 2. The molecule has 0 bridgehead atoms. The van der Waals surface area contributed by atoms with E-state index in [2.05, 4.69) is 10.0 Å². The third-order valence-electron chi connectivity index (χ3n) is 2.57. The van der Waals surface area contributed by atoms with E-state index in [4.69, 9.17) is 11.6 Å². The Morgan fingerprint density at radius 3 is 2.67 bits per heavy atom. The van der Waals surface area contributed by atoms with E-state index in [9.17, 15) is 8.42 Å². The molecule has 1 rings (SSSR count). The van der Waals surface area contributed by atoms with E-state index >= 15 is 0 Å². The second-order valence-corrected chi connectivity index (χ2v) is 6.39. The van der Waals surface area contributed by atoms with Crippen molar-refractivity contribution in [2.24, 2.45) is 0 Å². The highest BCUT2D eigenvalue weighted by Crippen LogP contribution is 2.19. The molecule has 0 aliphatic rings. The Kier molecular flexibility index (Phi) is 5.59. The summed E-state index contributed by atoms with van der Waals surface area (Å²) in [6.07, 6.45) is 0. The van der Waals surface area contributed by atoms with Crippen LogP contribution in [0.1, 0.15) is 19.4 Å². The molecule has 102 valence electrons. The quantitative estimate of drug-likeness (QED) is 0.842. The number of sulfonamides is 1. The van der Waals surface area contributed by atoms with Gasteiger partial charge in [-0.15, -0.1) is 0 Å². The molecular weight excluding hydrogens is 272 g/mol. The van der Waals surface area contributed by atoms with Crippen molar-refractivity contribution in [1.29, 1.82) is 0 Å². The Bertz CT molecular complexity index is 503. The number of halogens is 1. The topological polar surface area (TPSA) is 58.2 Å². The molecule has 0 amide bonds. The monoisotopic (exact) mass is 290 g/mol. The van der Waals surface area contributed by atoms with E-state index in [0.717, 1.165) is 6.54 Å². The first-order valence-electron chi connectivity index (χ1n) is 5.86. The van der Waals surface area contributed by atoms with Crippen molar-refractivity contribution in [3.05, 3.63) is 28.8 Å². The van der Waals surface area contributed by atoms with Gasteiger partial charge in [-0.05, 0) is 38.1 Å². The molecule has 0 aromatic heterocycles. The lowest BCUT2D eigenvalue weighted by Gasteiger charge is -2.14. The summed E-state index contributed by atoms with van der Waals surface area (Å²) in [5.41, 5.74) is 0.683. The number of benzene rings is 1. The summed E-state index contributed by atoms with van der Waals surface area (Å²) in [4.78, 5) is 0.235. The molecule has 1 atom stereocenters. The van der Waals surface area contributed by atoms with Crippen LogP contribution in [0.5, 0.6) is 0 Å². The lowest BCUT2D eigenvalue weighted by molar-refractivity contribution is 0.536. The molecule has 0 unspecified atom stereocenters. The molecule has 0 spiro atoms. The standard InChI is InChI=1S/C12H19ClN2O2S/c1-4-14-10(3)8-15-18(16,17)12-7-11(13)6-5-9(12)2/h5-7,10,14-15H,4,8H2,1-3H3/t10-/m1/s1. The maximum absolute atomic E-state index is 12.1. The average molecular weight is 291 g/mol. The number of hydrogen-bond donors (Lipinski definition) is 2. The van der Waals surface area contributed by atoms with Crippen molar-refractivity contribution in [3.8, 4) is 0 Å². The lowest BCUT2D eigenvalue weighted by Crippen LogP contribution is -2.38. The van der Waals surface area contributed by atoms with Gasteiger partial charge in [-0.25, -0.2) is 13.1 Å². The molecule has 0 heterocycles. The van der Waals surface area contributed by atoms with Crippen molar-refractivity contribution in [3.63, 3.8) is 0 Å². The number of hydrogen-bond acceptors (Lipinski definition) is 3. The summed E-state index contributed by atoms with van der Waals surface area (Å²) in [6.45, 7) is 6.81. The van der Waals surface area contributed by atoms with Crippen LogP contribution in [0.15, 0.2) is 23.1 Å². The van der Waals surface area contributed by atoms with Gasteiger partial charge in [0.25, 0.3) is 0 Å². The molecular formula is C12H19ClN2O2S. The summed E-state index contributed by atoms with van der Waals surface area (Å²) in [7, 11) is -3.50. The lowest BCUT2D eigenvalue weighted by atomic mass is 10.2. The highest BCUT2D eigenvalue weighted by Gasteiger charge is 2.17. The third-order valence-corrected chi connectivity index (χ3v) is 4.37. The highest BCUT2D eigenvalue weighted by atomic mass is 35.5. The molecule has 18 heavy (non-hydrogen) atoms. The van der Waals surface area contributed by atoms with Crippen LogP contribution >= 0.6 is 11.6 Å². The summed E-state index contributed by atoms with van der Waals surface area (Å²) < 4.78 is 26.8. The van der Waals surface area contributed by atoms with Crippen LogP contribution in [0.4, 0.5) is 0 Å². The van der Waals surface area contributed by atoms with Crippen LogP contribution in [0.25, 0.3) is 0 Å². The Balaban J connectivity index is 2.83. The first-order chi connectivity index (χ1) is 8.36. The van der Waals surface area contributed by atoms with Crippen LogP contribution in [-0.2, 0) is 10.0 Å². The first kappa shape index (κ1) is 15.4. The van der Waals surface area contributed by atoms with Crippen LogP contribution in [0, 0.1) is 6.92 Å². The van der Waals surface area contributed by atoms with Gasteiger partial charge in [0.1, 0.15) is 0 Å². The van der Waals surface area contributed by atoms with Crippen molar-refractivity contribution in [1.82, 2.24) is 10.0 Å². The van der Waals surface area contributed by atoms with Gasteiger partial charge in [-0.1, -0.05) is 24.6 Å². The summed E-state index contributed by atoms with van der Waals surface area (Å²) in [5.74, 6) is 0. The molecule has 0 radical (unpaired) electrons. The number of likely N-dealkylation sites (N-methyl/N-ethyl adjacent to an activating group) is 1. The molecule has 0 fully saturated rings. The molecule has 0 aliphatic carbocycles. The van der Waals surface area contributed by atoms with Gasteiger partial charge < -0.3 is 5.32 Å². The normalized spacial score (nSPS) is 13.6. The zero-order chi connectivity index (χ0) is 13.8. The zero-order valence-corrected chi connectivity index (χ0v) is 12.4. The zero-order valence-electron chi connectivity index (χ0n) is 10.8. The fourth-order valence-corrected chi connectivity index (χ4v) is 3.23. The van der Waals surface area contributed by atoms with E-state index in [-0.39, 0.29) is 10.9 Å². The van der Waals surface area contributed by atoms with Gasteiger partial charge in [0, 0.05) is 17.6 Å². The smallest absolute Gasteiger partial charge is 0.240 e. The number of aryl methyl sites for hydroxylation is 1. The Labute approximate surface area is 114 Å².